The molecule has 1 aliphatic rings. The van der Waals surface area contributed by atoms with Crippen molar-refractivity contribution in [2.24, 2.45) is 0 Å². The maximum atomic E-state index is 5.35. The first kappa shape index (κ1) is 15.1. The van der Waals surface area contributed by atoms with Gasteiger partial charge in [0.25, 0.3) is 0 Å². The van der Waals surface area contributed by atoms with Crippen LogP contribution in [0.5, 0.6) is 5.75 Å². The molecule has 2 N–H and O–H groups in total. The molecule has 0 spiro atoms. The minimum Gasteiger partial charge on any atom is -0.497 e. The Balaban J connectivity index is 1.65. The Morgan fingerprint density at radius 1 is 1.20 bits per heavy atom. The average molecular weight is 292 g/mol. The number of hydrogen-bond acceptors (Lipinski definition) is 2. The molecule has 1 aromatic carbocycles. The Bertz CT molecular complexity index is 413. The van der Waals surface area contributed by atoms with Gasteiger partial charge in [0.05, 0.1) is 7.11 Å². The molecule has 1 saturated carbocycles. The summed E-state index contributed by atoms with van der Waals surface area (Å²) in [6.07, 6.45) is 7.49. The van der Waals surface area contributed by atoms with Crippen molar-refractivity contribution in [3.63, 3.8) is 0 Å². The van der Waals surface area contributed by atoms with E-state index in [1.54, 1.807) is 7.11 Å². The first-order chi connectivity index (χ1) is 9.78. The van der Waals surface area contributed by atoms with E-state index in [0.717, 1.165) is 23.8 Å². The highest BCUT2D eigenvalue weighted by atomic mass is 32.1. The summed E-state index contributed by atoms with van der Waals surface area (Å²) in [5.74, 6) is 0.899. The molecule has 1 aromatic rings. The van der Waals surface area contributed by atoms with Gasteiger partial charge >= 0.3 is 0 Å². The van der Waals surface area contributed by atoms with Crippen LogP contribution in [0, 0.1) is 0 Å². The number of hydrogen-bond donors (Lipinski definition) is 2. The summed E-state index contributed by atoms with van der Waals surface area (Å²) in [4.78, 5) is 0. The largest absolute Gasteiger partial charge is 0.497 e. The van der Waals surface area contributed by atoms with Gasteiger partial charge in [-0.05, 0) is 49.2 Å². The zero-order valence-corrected chi connectivity index (χ0v) is 13.0. The van der Waals surface area contributed by atoms with Gasteiger partial charge < -0.3 is 15.4 Å². The van der Waals surface area contributed by atoms with Crippen LogP contribution in [0.2, 0.25) is 0 Å². The Labute approximate surface area is 127 Å². The lowest BCUT2D eigenvalue weighted by Gasteiger charge is -2.24. The first-order valence-electron chi connectivity index (χ1n) is 7.45. The predicted octanol–water partition coefficient (Wildman–Crippen LogP) is 3.03. The van der Waals surface area contributed by atoms with Gasteiger partial charge in [-0.1, -0.05) is 31.4 Å². The Morgan fingerprint density at radius 3 is 2.55 bits per heavy atom. The minimum atomic E-state index is 0.574. The van der Waals surface area contributed by atoms with Crippen LogP contribution >= 0.6 is 12.2 Å². The van der Waals surface area contributed by atoms with Crippen molar-refractivity contribution >= 4 is 17.3 Å². The van der Waals surface area contributed by atoms with Crippen molar-refractivity contribution < 1.29 is 4.74 Å². The molecule has 0 unspecified atom stereocenters. The van der Waals surface area contributed by atoms with Gasteiger partial charge in [-0.3, -0.25) is 0 Å². The summed E-state index contributed by atoms with van der Waals surface area (Å²) in [7, 11) is 1.69. The molecule has 0 radical (unpaired) electrons. The number of thiocarbonyl (C=S) groups is 1. The van der Waals surface area contributed by atoms with E-state index in [4.69, 9.17) is 17.0 Å². The Hall–Kier alpha value is -1.29. The van der Waals surface area contributed by atoms with Crippen molar-refractivity contribution in [2.75, 3.05) is 13.7 Å². The lowest BCUT2D eigenvalue weighted by molar-refractivity contribution is 0.412. The van der Waals surface area contributed by atoms with E-state index in [1.807, 2.05) is 12.1 Å². The molecule has 3 nitrogen and oxygen atoms in total. The molecule has 0 heterocycles. The highest BCUT2D eigenvalue weighted by Crippen LogP contribution is 2.17. The Morgan fingerprint density at radius 2 is 1.90 bits per heavy atom. The summed E-state index contributed by atoms with van der Waals surface area (Å²) in [5, 5.41) is 7.52. The normalized spacial score (nSPS) is 15.7. The van der Waals surface area contributed by atoms with Crippen LogP contribution in [0.25, 0.3) is 0 Å². The number of rotatable bonds is 5. The fourth-order valence-corrected chi connectivity index (χ4v) is 2.86. The number of benzene rings is 1. The second-order valence-corrected chi connectivity index (χ2v) is 5.74. The third kappa shape index (κ3) is 5.00. The van der Waals surface area contributed by atoms with Gasteiger partial charge in [-0.2, -0.15) is 0 Å². The highest BCUT2D eigenvalue weighted by molar-refractivity contribution is 7.80. The third-order valence-electron chi connectivity index (χ3n) is 3.80. The second-order valence-electron chi connectivity index (χ2n) is 5.33. The van der Waals surface area contributed by atoms with Crippen LogP contribution in [0.4, 0.5) is 0 Å². The summed E-state index contributed by atoms with van der Waals surface area (Å²) >= 11 is 5.35. The standard InChI is InChI=1S/C16H24N2OS/c1-19-15-9-7-13(8-10-15)11-12-17-16(20)18-14-5-3-2-4-6-14/h7-10,14H,2-6,11-12H2,1H3,(H2,17,18,20). The molecular formula is C16H24N2OS. The maximum Gasteiger partial charge on any atom is 0.166 e. The van der Waals surface area contributed by atoms with Gasteiger partial charge in [-0.25, -0.2) is 0 Å². The fourth-order valence-electron chi connectivity index (χ4n) is 2.60. The third-order valence-corrected chi connectivity index (χ3v) is 4.06. The first-order valence-corrected chi connectivity index (χ1v) is 7.86. The molecule has 0 aromatic heterocycles. The van der Waals surface area contributed by atoms with Crippen LogP contribution < -0.4 is 15.4 Å². The molecule has 1 fully saturated rings. The number of methoxy groups -OCH3 is 1. The molecular weight excluding hydrogens is 268 g/mol. The molecule has 110 valence electrons. The fraction of sp³-hybridized carbons (Fsp3) is 0.562. The summed E-state index contributed by atoms with van der Waals surface area (Å²) in [6, 6.07) is 8.75. The van der Waals surface area contributed by atoms with E-state index in [1.165, 1.54) is 37.7 Å². The molecule has 0 bridgehead atoms. The molecule has 0 aliphatic heterocycles. The van der Waals surface area contributed by atoms with E-state index in [-0.39, 0.29) is 0 Å². The topological polar surface area (TPSA) is 33.3 Å². The van der Waals surface area contributed by atoms with Gasteiger partial charge in [0.2, 0.25) is 0 Å². The highest BCUT2D eigenvalue weighted by Gasteiger charge is 2.13. The van der Waals surface area contributed by atoms with Crippen molar-refractivity contribution in [2.45, 2.75) is 44.6 Å². The summed E-state index contributed by atoms with van der Waals surface area (Å²) < 4.78 is 5.15. The quantitative estimate of drug-likeness (QED) is 0.817. The van der Waals surface area contributed by atoms with E-state index >= 15 is 0 Å². The van der Waals surface area contributed by atoms with Crippen LogP contribution in [-0.2, 0) is 6.42 Å². The summed E-state index contributed by atoms with van der Waals surface area (Å²) in [6.45, 7) is 0.866. The van der Waals surface area contributed by atoms with Gasteiger partial charge in [-0.15, -0.1) is 0 Å². The molecule has 0 amide bonds. The molecule has 4 heteroatoms. The van der Waals surface area contributed by atoms with Crippen molar-refractivity contribution in [1.82, 2.24) is 10.6 Å². The molecule has 20 heavy (non-hydrogen) atoms. The average Bonchev–Trinajstić information content (AvgIpc) is 2.49. The monoisotopic (exact) mass is 292 g/mol. The predicted molar refractivity (Wildman–Crippen MR) is 87.3 cm³/mol. The number of ether oxygens (including phenoxy) is 1. The van der Waals surface area contributed by atoms with E-state index in [9.17, 15) is 0 Å². The second kappa shape index (κ2) is 8.10. The summed E-state index contributed by atoms with van der Waals surface area (Å²) in [5.41, 5.74) is 1.29. The SMILES string of the molecule is COc1ccc(CCNC(=S)NC2CCCCC2)cc1. The Kier molecular flexibility index (Phi) is 6.12. The van der Waals surface area contributed by atoms with Crippen molar-refractivity contribution in [3.8, 4) is 5.75 Å². The van der Waals surface area contributed by atoms with Crippen LogP contribution in [0.1, 0.15) is 37.7 Å². The smallest absolute Gasteiger partial charge is 0.166 e. The van der Waals surface area contributed by atoms with Gasteiger partial charge in [0.1, 0.15) is 5.75 Å². The van der Waals surface area contributed by atoms with E-state index in [2.05, 4.69) is 22.8 Å². The van der Waals surface area contributed by atoms with Crippen LogP contribution in [0.3, 0.4) is 0 Å². The van der Waals surface area contributed by atoms with Crippen molar-refractivity contribution in [3.05, 3.63) is 29.8 Å². The molecule has 1 aliphatic carbocycles. The van der Waals surface area contributed by atoms with Gasteiger partial charge in [0.15, 0.2) is 5.11 Å². The maximum absolute atomic E-state index is 5.35. The number of nitrogens with one attached hydrogen (secondary N) is 2. The van der Waals surface area contributed by atoms with Crippen LogP contribution in [0.15, 0.2) is 24.3 Å². The lowest BCUT2D eigenvalue weighted by atomic mass is 9.96. The molecule has 0 saturated heterocycles. The van der Waals surface area contributed by atoms with E-state index < -0.39 is 0 Å². The zero-order chi connectivity index (χ0) is 14.2. The minimum absolute atomic E-state index is 0.574. The van der Waals surface area contributed by atoms with Crippen LogP contribution in [-0.4, -0.2) is 24.8 Å². The van der Waals surface area contributed by atoms with Crippen molar-refractivity contribution in [1.29, 1.82) is 0 Å². The molecule has 0 atom stereocenters. The molecule has 2 rings (SSSR count). The lowest BCUT2D eigenvalue weighted by Crippen LogP contribution is -2.43. The zero-order valence-electron chi connectivity index (χ0n) is 12.2. The van der Waals surface area contributed by atoms with Gasteiger partial charge in [0, 0.05) is 12.6 Å². The van der Waals surface area contributed by atoms with E-state index in [0.29, 0.717) is 6.04 Å².